The molecule has 0 aromatic carbocycles. The minimum absolute atomic E-state index is 0.306. The van der Waals surface area contributed by atoms with Crippen LogP contribution in [0.5, 0.6) is 0 Å². The van der Waals surface area contributed by atoms with Crippen molar-refractivity contribution in [2.75, 3.05) is 14.2 Å². The molecule has 0 aromatic rings. The van der Waals surface area contributed by atoms with E-state index in [1.807, 2.05) is 0 Å². The predicted octanol–water partition coefficient (Wildman–Crippen LogP) is -0.378. The second-order valence-electron chi connectivity index (χ2n) is 1.83. The molecule has 0 amide bonds. The Kier molecular flexibility index (Phi) is 24.0. The van der Waals surface area contributed by atoms with E-state index in [-0.39, 0.29) is 0 Å². The molecule has 0 spiro atoms. The Morgan fingerprint density at radius 2 is 1.62 bits per heavy atom. The minimum Gasteiger partial charge on any atom is -0.442 e. The van der Waals surface area contributed by atoms with Crippen LogP contribution in [0, 0.1) is 0 Å². The van der Waals surface area contributed by atoms with Crippen molar-refractivity contribution in [1.82, 2.24) is 0 Å². The fourth-order valence-corrected chi connectivity index (χ4v) is 0.224. The van der Waals surface area contributed by atoms with Gasteiger partial charge in [0, 0.05) is 14.2 Å². The van der Waals surface area contributed by atoms with Crippen LogP contribution in [0.25, 0.3) is 0 Å². The molecule has 0 radical (unpaired) electrons. The van der Waals surface area contributed by atoms with Gasteiger partial charge in [-0.25, -0.2) is 4.57 Å². The van der Waals surface area contributed by atoms with Crippen LogP contribution >= 0.6 is 7.82 Å². The van der Waals surface area contributed by atoms with E-state index in [4.69, 9.17) is 9.69 Å². The fraction of sp³-hybridized carbons (Fsp3) is 1.00. The maximum absolute atomic E-state index is 10.1. The summed E-state index contributed by atoms with van der Waals surface area (Å²) in [5.41, 5.74) is 0. The molecule has 0 fully saturated rings. The molecule has 0 unspecified atom stereocenters. The predicted molar refractivity (Wildman–Crippen MR) is 56.9 cm³/mol. The Bertz CT molecular complexity index is 115. The Labute approximate surface area is 100 Å². The summed E-state index contributed by atoms with van der Waals surface area (Å²) in [7, 11) is -1.15. The number of phosphoric ester groups is 1. The molecule has 5 nitrogen and oxygen atoms in total. The van der Waals surface area contributed by atoms with Crippen molar-refractivity contribution in [2.24, 2.45) is 0 Å². The first-order valence-electron chi connectivity index (χ1n) is 3.93. The molecule has 0 atom stereocenters. The second kappa shape index (κ2) is 15.7. The molecule has 0 saturated carbocycles. The van der Waals surface area contributed by atoms with Gasteiger partial charge in [-0.1, -0.05) is 0 Å². The maximum Gasteiger partial charge on any atom is 0.471 e. The topological polar surface area (TPSA) is 76.0 Å². The van der Waals surface area contributed by atoms with Gasteiger partial charge in [-0.3, -0.25) is 9.05 Å². The molecule has 0 aliphatic carbocycles. The van der Waals surface area contributed by atoms with E-state index < -0.39 is 7.82 Å². The summed E-state index contributed by atoms with van der Waals surface area (Å²) >= 11 is 1.39. The summed E-state index contributed by atoms with van der Waals surface area (Å²) < 4.78 is 19.5. The van der Waals surface area contributed by atoms with Gasteiger partial charge in [0.05, 0.1) is 0 Å². The molecule has 78 valence electrons. The maximum atomic E-state index is 10.1. The summed E-state index contributed by atoms with van der Waals surface area (Å²) in [5.74, 6) is 0. The van der Waals surface area contributed by atoms with Crippen molar-refractivity contribution in [3.05, 3.63) is 0 Å². The van der Waals surface area contributed by atoms with Gasteiger partial charge >= 0.3 is 52.8 Å². The number of rotatable bonds is 3. The molecule has 0 heterocycles. The van der Waals surface area contributed by atoms with E-state index in [0.717, 1.165) is 14.2 Å². The molecule has 0 bridgehead atoms. The molecular weight excluding hydrogens is 222 g/mol. The molecular formula is C5H18NaO5PSi. The van der Waals surface area contributed by atoms with Crippen molar-refractivity contribution in [1.29, 1.82) is 0 Å². The first-order valence-corrected chi connectivity index (χ1v) is 7.73. The number of hydrogen-bond acceptors (Lipinski definition) is 4. The largest absolute Gasteiger partial charge is 0.471 e. The third-order valence-electron chi connectivity index (χ3n) is 0.961. The van der Waals surface area contributed by atoms with Gasteiger partial charge < -0.3 is 9.69 Å². The van der Waals surface area contributed by atoms with Crippen LogP contribution in [0.1, 0.15) is 13.3 Å². The van der Waals surface area contributed by atoms with Crippen LogP contribution in [-0.2, 0) is 13.6 Å². The van der Waals surface area contributed by atoms with Crippen LogP contribution < -0.4 is 0 Å². The van der Waals surface area contributed by atoms with E-state index in [9.17, 15) is 4.57 Å². The van der Waals surface area contributed by atoms with E-state index >= 15 is 0 Å². The fourth-order valence-electron chi connectivity index (χ4n) is 0.0745. The zero-order valence-corrected chi connectivity index (χ0v) is 13.9. The van der Waals surface area contributed by atoms with Gasteiger partial charge in [-0.15, -0.1) is 0 Å². The third kappa shape index (κ3) is 24.6. The minimum atomic E-state index is -3.65. The molecule has 8 heteroatoms. The van der Waals surface area contributed by atoms with Gasteiger partial charge in [0.15, 0.2) is 0 Å². The van der Waals surface area contributed by atoms with E-state index in [1.54, 1.807) is 0 Å². The van der Waals surface area contributed by atoms with E-state index in [1.165, 1.54) is 38.0 Å². The van der Waals surface area contributed by atoms with Crippen LogP contribution in [0.2, 0.25) is 3.67 Å². The first kappa shape index (κ1) is 19.8. The molecule has 13 heavy (non-hydrogen) atoms. The monoisotopic (exact) mass is 240 g/mol. The van der Waals surface area contributed by atoms with Crippen LogP contribution in [0.4, 0.5) is 0 Å². The van der Waals surface area contributed by atoms with Crippen LogP contribution in [-0.4, -0.2) is 62.3 Å². The summed E-state index contributed by atoms with van der Waals surface area (Å²) in [5, 5.41) is 0. The van der Waals surface area contributed by atoms with Crippen LogP contribution in [0.15, 0.2) is 0 Å². The van der Waals surface area contributed by atoms with Gasteiger partial charge in [0.2, 0.25) is 0 Å². The van der Waals surface area contributed by atoms with Crippen molar-refractivity contribution >= 4 is 46.2 Å². The molecule has 2 N–H and O–H groups in total. The van der Waals surface area contributed by atoms with Crippen LogP contribution in [0.3, 0.4) is 0 Å². The molecule has 0 rings (SSSR count). The van der Waals surface area contributed by atoms with Crippen molar-refractivity contribution in [2.45, 2.75) is 17.0 Å². The first-order chi connectivity index (χ1) is 6.04. The molecule has 0 aliphatic heterocycles. The average Bonchev–Trinajstić information content (AvgIpc) is 2.21. The van der Waals surface area contributed by atoms with E-state index in [0.29, 0.717) is 10.5 Å². The zero-order valence-electron chi connectivity index (χ0n) is 8.98. The number of hydrogen-bond donors (Lipinski definition) is 2. The van der Waals surface area contributed by atoms with Gasteiger partial charge in [0.1, 0.15) is 10.5 Å². The summed E-state index contributed by atoms with van der Waals surface area (Å²) in [6, 6.07) is 0. The van der Waals surface area contributed by atoms with Gasteiger partial charge in [0.25, 0.3) is 0 Å². The summed E-state index contributed by atoms with van der Waals surface area (Å²) in [6.07, 6.45) is 1.38. The summed E-state index contributed by atoms with van der Waals surface area (Å²) in [4.78, 5) is 15.4. The summed E-state index contributed by atoms with van der Waals surface area (Å²) in [6.45, 7) is 2.22. The van der Waals surface area contributed by atoms with Gasteiger partial charge in [-0.2, -0.15) is 0 Å². The third-order valence-corrected chi connectivity index (χ3v) is 2.88. The molecule has 0 aliphatic rings. The second-order valence-corrected chi connectivity index (χ2v) is 4.50. The smallest absolute Gasteiger partial charge is 0.442 e. The van der Waals surface area contributed by atoms with Crippen molar-refractivity contribution in [3.8, 4) is 0 Å². The van der Waals surface area contributed by atoms with Crippen molar-refractivity contribution < 1.29 is 23.3 Å². The van der Waals surface area contributed by atoms with E-state index in [2.05, 4.69) is 16.0 Å². The average molecular weight is 240 g/mol. The zero-order chi connectivity index (χ0) is 11.3. The Hall–Kier alpha value is 1.29. The van der Waals surface area contributed by atoms with Gasteiger partial charge in [-0.05, 0) is 0 Å². The SMILES string of the molecule is CC[CH2][Na].COP(=O)(O)OC.O[SiH3]. The number of phosphoric acid groups is 1. The normalized spacial score (nSPS) is 9.46. The molecule has 0 saturated heterocycles. The quantitative estimate of drug-likeness (QED) is 0.519. The Morgan fingerprint density at radius 1 is 1.38 bits per heavy atom. The standard InChI is InChI=1S/C3H7.C2H7O4P.Na.H4OSi/c1-3-2;1-5-7(3,4)6-2;;1-2/h1,3H2,2H3;1-2H3,(H,3,4);;1H,2H3. The Balaban J connectivity index is -0.000000142. The molecule has 0 aromatic heterocycles. The van der Waals surface area contributed by atoms with Crippen molar-refractivity contribution in [3.63, 3.8) is 0 Å². The Morgan fingerprint density at radius 3 is 1.62 bits per heavy atom.